The van der Waals surface area contributed by atoms with E-state index in [0.717, 1.165) is 12.8 Å². The van der Waals surface area contributed by atoms with Gasteiger partial charge in [0.05, 0.1) is 5.75 Å². The highest BCUT2D eigenvalue weighted by Crippen LogP contribution is 2.32. The summed E-state index contributed by atoms with van der Waals surface area (Å²) in [5.74, 6) is 1.30. The highest BCUT2D eigenvalue weighted by molar-refractivity contribution is 7.91. The first-order valence-electron chi connectivity index (χ1n) is 6.83. The average molecular weight is 337 g/mol. The van der Waals surface area contributed by atoms with Crippen LogP contribution in [0, 0.1) is 5.41 Å². The minimum atomic E-state index is -2.92. The van der Waals surface area contributed by atoms with Crippen LogP contribution in [0.4, 0.5) is 0 Å². The summed E-state index contributed by atoms with van der Waals surface area (Å²) in [5, 5.41) is 0. The first kappa shape index (κ1) is 17.8. The van der Waals surface area contributed by atoms with Gasteiger partial charge in [0.15, 0.2) is 0 Å². The highest BCUT2D eigenvalue weighted by atomic mass is 35.5. The van der Waals surface area contributed by atoms with Gasteiger partial charge in [-0.25, -0.2) is 8.42 Å². The van der Waals surface area contributed by atoms with E-state index in [2.05, 4.69) is 12.1 Å². The van der Waals surface area contributed by atoms with Crippen molar-refractivity contribution in [3.63, 3.8) is 0 Å². The Morgan fingerprint density at radius 3 is 2.20 bits per heavy atom. The van der Waals surface area contributed by atoms with Crippen LogP contribution in [0.1, 0.15) is 25.3 Å². The van der Waals surface area contributed by atoms with E-state index in [4.69, 9.17) is 23.2 Å². The van der Waals surface area contributed by atoms with Gasteiger partial charge in [0.2, 0.25) is 0 Å². The van der Waals surface area contributed by atoms with Gasteiger partial charge in [0.1, 0.15) is 9.84 Å². The van der Waals surface area contributed by atoms with Gasteiger partial charge in [-0.3, -0.25) is 0 Å². The van der Waals surface area contributed by atoms with Gasteiger partial charge in [0.25, 0.3) is 0 Å². The van der Waals surface area contributed by atoms with Crippen molar-refractivity contribution in [2.45, 2.75) is 26.2 Å². The van der Waals surface area contributed by atoms with Crippen LogP contribution in [0.5, 0.6) is 0 Å². The molecule has 1 rings (SSSR count). The SMILES string of the molecule is CCS(=O)(=O)CCCC(CCl)(CCl)Cc1ccccc1. The minimum absolute atomic E-state index is 0.195. The molecule has 0 fully saturated rings. The average Bonchev–Trinajstić information content (AvgIpc) is 2.47. The van der Waals surface area contributed by atoms with Crippen molar-refractivity contribution in [2.75, 3.05) is 23.3 Å². The standard InChI is InChI=1S/C15H22Cl2O2S/c1-2-20(18,19)10-6-9-15(12-16,13-17)11-14-7-4-3-5-8-14/h3-5,7-8H,2,6,9-13H2,1H3. The Bertz CT molecular complexity index is 482. The fourth-order valence-electron chi connectivity index (χ4n) is 2.19. The van der Waals surface area contributed by atoms with Crippen LogP contribution in [-0.4, -0.2) is 31.7 Å². The summed E-state index contributed by atoms with van der Waals surface area (Å²) in [7, 11) is -2.92. The maximum absolute atomic E-state index is 11.6. The predicted molar refractivity (Wildman–Crippen MR) is 87.6 cm³/mol. The number of sulfone groups is 1. The van der Waals surface area contributed by atoms with Crippen molar-refractivity contribution in [1.29, 1.82) is 0 Å². The van der Waals surface area contributed by atoms with Crippen molar-refractivity contribution in [3.05, 3.63) is 35.9 Å². The summed E-state index contributed by atoms with van der Waals surface area (Å²) in [4.78, 5) is 0. The molecule has 0 radical (unpaired) electrons. The Hall–Kier alpha value is -0.250. The monoisotopic (exact) mass is 336 g/mol. The lowest BCUT2D eigenvalue weighted by Crippen LogP contribution is -2.29. The number of halogens is 2. The van der Waals surface area contributed by atoms with Crippen molar-refractivity contribution >= 4 is 33.0 Å². The zero-order valence-corrected chi connectivity index (χ0v) is 14.1. The maximum atomic E-state index is 11.6. The van der Waals surface area contributed by atoms with E-state index < -0.39 is 9.84 Å². The third-order valence-corrected chi connectivity index (χ3v) is 6.52. The number of rotatable bonds is 9. The third-order valence-electron chi connectivity index (χ3n) is 3.59. The highest BCUT2D eigenvalue weighted by Gasteiger charge is 2.29. The Labute approximate surface area is 132 Å². The van der Waals surface area contributed by atoms with Crippen LogP contribution in [0.2, 0.25) is 0 Å². The molecule has 0 heterocycles. The summed E-state index contributed by atoms with van der Waals surface area (Å²) in [6.07, 6.45) is 2.13. The molecule has 0 spiro atoms. The molecule has 0 aliphatic carbocycles. The topological polar surface area (TPSA) is 34.1 Å². The van der Waals surface area contributed by atoms with Gasteiger partial charge in [-0.2, -0.15) is 0 Å². The molecule has 0 amide bonds. The second-order valence-corrected chi connectivity index (χ2v) is 8.28. The van der Waals surface area contributed by atoms with E-state index in [0.29, 0.717) is 18.2 Å². The van der Waals surface area contributed by atoms with E-state index in [-0.39, 0.29) is 16.9 Å². The van der Waals surface area contributed by atoms with Crippen molar-refractivity contribution in [3.8, 4) is 0 Å². The quantitative estimate of drug-likeness (QED) is 0.640. The van der Waals surface area contributed by atoms with E-state index in [9.17, 15) is 8.42 Å². The van der Waals surface area contributed by atoms with Gasteiger partial charge in [0, 0.05) is 22.9 Å². The third kappa shape index (κ3) is 5.63. The van der Waals surface area contributed by atoms with Crippen LogP contribution in [0.15, 0.2) is 30.3 Å². The molecule has 1 aromatic carbocycles. The fraction of sp³-hybridized carbons (Fsp3) is 0.600. The molecule has 0 saturated carbocycles. The number of benzene rings is 1. The number of hydrogen-bond donors (Lipinski definition) is 0. The molecule has 1 aromatic rings. The van der Waals surface area contributed by atoms with E-state index >= 15 is 0 Å². The largest absolute Gasteiger partial charge is 0.229 e. The summed E-state index contributed by atoms with van der Waals surface area (Å²) in [6, 6.07) is 10.1. The molecule has 0 bridgehead atoms. The first-order chi connectivity index (χ1) is 9.47. The first-order valence-corrected chi connectivity index (χ1v) is 9.72. The second-order valence-electron chi connectivity index (χ2n) is 5.27. The Balaban J connectivity index is 2.67. The predicted octanol–water partition coefficient (Wildman–Crippen LogP) is 3.91. The minimum Gasteiger partial charge on any atom is -0.229 e. The normalized spacial score (nSPS) is 12.6. The maximum Gasteiger partial charge on any atom is 0.150 e. The molecule has 5 heteroatoms. The summed E-state index contributed by atoms with van der Waals surface area (Å²) in [5.41, 5.74) is 0.959. The van der Waals surface area contributed by atoms with Crippen LogP contribution in [-0.2, 0) is 16.3 Å². The Morgan fingerprint density at radius 2 is 1.70 bits per heavy atom. The molecule has 20 heavy (non-hydrogen) atoms. The molecular formula is C15H22Cl2O2S. The van der Waals surface area contributed by atoms with Gasteiger partial charge < -0.3 is 0 Å². The van der Waals surface area contributed by atoms with Crippen LogP contribution in [0.3, 0.4) is 0 Å². The molecule has 114 valence electrons. The molecule has 0 unspecified atom stereocenters. The lowest BCUT2D eigenvalue weighted by Gasteiger charge is -2.29. The molecule has 0 aliphatic heterocycles. The molecule has 0 aromatic heterocycles. The zero-order chi connectivity index (χ0) is 15.1. The summed E-state index contributed by atoms with van der Waals surface area (Å²) in [6.45, 7) is 1.68. The van der Waals surface area contributed by atoms with Gasteiger partial charge in [-0.05, 0) is 24.8 Å². The molecular weight excluding hydrogens is 315 g/mol. The van der Waals surface area contributed by atoms with Gasteiger partial charge >= 0.3 is 0 Å². The summed E-state index contributed by atoms with van der Waals surface area (Å²) >= 11 is 12.2. The van der Waals surface area contributed by atoms with E-state index in [1.807, 2.05) is 18.2 Å². The van der Waals surface area contributed by atoms with Crippen molar-refractivity contribution < 1.29 is 8.42 Å². The number of hydrogen-bond acceptors (Lipinski definition) is 2. The molecule has 0 aliphatic rings. The van der Waals surface area contributed by atoms with Gasteiger partial charge in [-0.15, -0.1) is 23.2 Å². The van der Waals surface area contributed by atoms with Crippen molar-refractivity contribution in [1.82, 2.24) is 0 Å². The smallest absolute Gasteiger partial charge is 0.150 e. The van der Waals surface area contributed by atoms with E-state index in [1.165, 1.54) is 5.56 Å². The Kier molecular flexibility index (Phi) is 7.35. The molecule has 0 N–H and O–H groups in total. The second kappa shape index (κ2) is 8.26. The number of alkyl halides is 2. The van der Waals surface area contributed by atoms with Crippen LogP contribution < -0.4 is 0 Å². The lowest BCUT2D eigenvalue weighted by molar-refractivity contribution is 0.341. The Morgan fingerprint density at radius 1 is 1.10 bits per heavy atom. The van der Waals surface area contributed by atoms with Crippen molar-refractivity contribution in [2.24, 2.45) is 5.41 Å². The molecule has 0 saturated heterocycles. The molecule has 0 atom stereocenters. The summed E-state index contributed by atoms with van der Waals surface area (Å²) < 4.78 is 23.1. The van der Waals surface area contributed by atoms with Crippen LogP contribution in [0.25, 0.3) is 0 Å². The van der Waals surface area contributed by atoms with E-state index in [1.54, 1.807) is 6.92 Å². The zero-order valence-electron chi connectivity index (χ0n) is 11.8. The van der Waals surface area contributed by atoms with Gasteiger partial charge in [-0.1, -0.05) is 37.3 Å². The van der Waals surface area contributed by atoms with Crippen LogP contribution >= 0.6 is 23.2 Å². The molecule has 2 nitrogen and oxygen atoms in total. The lowest BCUT2D eigenvalue weighted by atomic mass is 9.81. The fourth-order valence-corrected chi connectivity index (χ4v) is 3.81.